The van der Waals surface area contributed by atoms with E-state index in [0.29, 0.717) is 19.2 Å². The molecule has 2 heterocycles. The minimum Gasteiger partial charge on any atom is -0.375 e. The van der Waals surface area contributed by atoms with Gasteiger partial charge in [0.1, 0.15) is 0 Å². The van der Waals surface area contributed by atoms with Crippen LogP contribution < -0.4 is 5.32 Å². The van der Waals surface area contributed by atoms with Crippen LogP contribution in [0.15, 0.2) is 24.5 Å². The summed E-state index contributed by atoms with van der Waals surface area (Å²) in [7, 11) is 2.08. The zero-order chi connectivity index (χ0) is 18.4. The molecular weight excluding hydrogens is 328 g/mol. The molecule has 3 rings (SSSR count). The number of nitrogens with one attached hydrogen (secondary N) is 1. The highest BCUT2D eigenvalue weighted by Crippen LogP contribution is 2.24. The van der Waals surface area contributed by atoms with Crippen LogP contribution in [0.4, 0.5) is 4.79 Å². The standard InChI is InChI=1S/C20H32N4O2/c1-3-26-19-15-23(2)14-18(19)22-20(25)24(17-7-5-4-6-8-17)13-16-9-11-21-12-10-16/h9-12,17-19H,3-8,13-15H2,1-2H3,(H,22,25)/t18-,19-/m0/s1. The van der Waals surface area contributed by atoms with Crippen LogP contribution in [-0.2, 0) is 11.3 Å². The first-order valence-electron chi connectivity index (χ1n) is 9.93. The van der Waals surface area contributed by atoms with Gasteiger partial charge in [0, 0.05) is 44.7 Å². The maximum absolute atomic E-state index is 13.2. The van der Waals surface area contributed by atoms with Crippen LogP contribution >= 0.6 is 0 Å². The number of likely N-dealkylation sites (N-methyl/N-ethyl adjacent to an activating group) is 1. The van der Waals surface area contributed by atoms with E-state index in [2.05, 4.69) is 22.2 Å². The van der Waals surface area contributed by atoms with Crippen LogP contribution in [0.3, 0.4) is 0 Å². The first-order valence-corrected chi connectivity index (χ1v) is 9.93. The van der Waals surface area contributed by atoms with E-state index in [4.69, 9.17) is 4.74 Å². The van der Waals surface area contributed by atoms with Crippen molar-refractivity contribution in [1.29, 1.82) is 0 Å². The van der Waals surface area contributed by atoms with Crippen molar-refractivity contribution in [1.82, 2.24) is 20.1 Å². The molecule has 144 valence electrons. The fraction of sp³-hybridized carbons (Fsp3) is 0.700. The number of hydrogen-bond donors (Lipinski definition) is 1. The maximum Gasteiger partial charge on any atom is 0.318 e. The summed E-state index contributed by atoms with van der Waals surface area (Å²) in [4.78, 5) is 21.5. The third-order valence-electron chi connectivity index (χ3n) is 5.52. The van der Waals surface area contributed by atoms with Crippen molar-refractivity contribution < 1.29 is 9.53 Å². The fourth-order valence-corrected chi connectivity index (χ4v) is 4.17. The molecule has 0 radical (unpaired) electrons. The van der Waals surface area contributed by atoms with Crippen molar-refractivity contribution in [3.8, 4) is 0 Å². The number of amides is 2. The molecule has 1 saturated heterocycles. The Morgan fingerprint density at radius 3 is 2.69 bits per heavy atom. The molecule has 1 N–H and O–H groups in total. The normalized spacial score (nSPS) is 24.5. The summed E-state index contributed by atoms with van der Waals surface area (Å²) >= 11 is 0. The number of pyridine rings is 1. The Morgan fingerprint density at radius 2 is 2.00 bits per heavy atom. The Kier molecular flexibility index (Phi) is 6.86. The largest absolute Gasteiger partial charge is 0.375 e. The zero-order valence-electron chi connectivity index (χ0n) is 16.1. The molecule has 2 atom stereocenters. The zero-order valence-corrected chi connectivity index (χ0v) is 16.1. The number of nitrogens with zero attached hydrogens (tertiary/aromatic N) is 3. The number of carbonyl (C=O) groups is 1. The Balaban J connectivity index is 1.69. The molecule has 0 spiro atoms. The second-order valence-electron chi connectivity index (χ2n) is 7.55. The van der Waals surface area contributed by atoms with Gasteiger partial charge in [-0.3, -0.25) is 4.98 Å². The number of likely N-dealkylation sites (tertiary alicyclic amines) is 1. The van der Waals surface area contributed by atoms with E-state index in [1.165, 1.54) is 19.3 Å². The molecule has 0 aromatic carbocycles. The lowest BCUT2D eigenvalue weighted by Crippen LogP contribution is -2.52. The molecular formula is C20H32N4O2. The molecule has 6 nitrogen and oxygen atoms in total. The topological polar surface area (TPSA) is 57.7 Å². The molecule has 1 aromatic rings. The number of rotatable bonds is 6. The molecule has 1 saturated carbocycles. The van der Waals surface area contributed by atoms with Gasteiger partial charge in [0.25, 0.3) is 0 Å². The fourth-order valence-electron chi connectivity index (χ4n) is 4.17. The second-order valence-corrected chi connectivity index (χ2v) is 7.55. The molecule has 1 aromatic heterocycles. The summed E-state index contributed by atoms with van der Waals surface area (Å²) in [6, 6.07) is 4.40. The number of ether oxygens (including phenoxy) is 1. The highest BCUT2D eigenvalue weighted by Gasteiger charge is 2.35. The summed E-state index contributed by atoms with van der Waals surface area (Å²) in [6.07, 6.45) is 9.55. The van der Waals surface area contributed by atoms with Crippen molar-refractivity contribution in [2.75, 3.05) is 26.7 Å². The Bertz CT molecular complexity index is 562. The van der Waals surface area contributed by atoms with E-state index in [0.717, 1.165) is 31.5 Å². The van der Waals surface area contributed by atoms with Crippen LogP contribution in [0.1, 0.15) is 44.6 Å². The van der Waals surface area contributed by atoms with Crippen LogP contribution in [-0.4, -0.2) is 65.7 Å². The molecule has 0 unspecified atom stereocenters. The quantitative estimate of drug-likeness (QED) is 0.847. The summed E-state index contributed by atoms with van der Waals surface area (Å²) in [5.74, 6) is 0. The number of hydrogen-bond acceptors (Lipinski definition) is 4. The predicted molar refractivity (Wildman–Crippen MR) is 102 cm³/mol. The number of carbonyl (C=O) groups excluding carboxylic acids is 1. The van der Waals surface area contributed by atoms with E-state index in [9.17, 15) is 4.79 Å². The van der Waals surface area contributed by atoms with Crippen LogP contribution in [0.2, 0.25) is 0 Å². The summed E-state index contributed by atoms with van der Waals surface area (Å²) in [6.45, 7) is 5.03. The van der Waals surface area contributed by atoms with E-state index in [1.54, 1.807) is 12.4 Å². The lowest BCUT2D eigenvalue weighted by Gasteiger charge is -2.35. The molecule has 26 heavy (non-hydrogen) atoms. The molecule has 2 amide bonds. The van der Waals surface area contributed by atoms with Gasteiger partial charge in [0.15, 0.2) is 0 Å². The smallest absolute Gasteiger partial charge is 0.318 e. The van der Waals surface area contributed by atoms with Gasteiger partial charge in [0.05, 0.1) is 12.1 Å². The minimum absolute atomic E-state index is 0.0405. The minimum atomic E-state index is 0.0405. The first kappa shape index (κ1) is 19.1. The van der Waals surface area contributed by atoms with Gasteiger partial charge in [0.2, 0.25) is 0 Å². The molecule has 0 bridgehead atoms. The molecule has 2 fully saturated rings. The predicted octanol–water partition coefficient (Wildman–Crippen LogP) is 2.65. The third kappa shape index (κ3) is 4.95. The number of aromatic nitrogens is 1. The number of urea groups is 1. The van der Waals surface area contributed by atoms with E-state index < -0.39 is 0 Å². The average molecular weight is 361 g/mol. The second kappa shape index (κ2) is 9.33. The Morgan fingerprint density at radius 1 is 1.27 bits per heavy atom. The van der Waals surface area contributed by atoms with Gasteiger partial charge in [-0.25, -0.2) is 4.79 Å². The molecule has 1 aliphatic heterocycles. The van der Waals surface area contributed by atoms with E-state index >= 15 is 0 Å². The SMILES string of the molecule is CCO[C@H]1CN(C)C[C@@H]1NC(=O)N(Cc1ccncc1)C1CCCCC1. The van der Waals surface area contributed by atoms with Gasteiger partial charge in [-0.1, -0.05) is 19.3 Å². The van der Waals surface area contributed by atoms with E-state index in [1.807, 2.05) is 24.0 Å². The third-order valence-corrected chi connectivity index (χ3v) is 5.52. The van der Waals surface area contributed by atoms with Crippen molar-refractivity contribution in [3.63, 3.8) is 0 Å². The summed E-state index contributed by atoms with van der Waals surface area (Å²) in [5.41, 5.74) is 1.13. The lowest BCUT2D eigenvalue weighted by molar-refractivity contribution is 0.0535. The molecule has 1 aliphatic carbocycles. The average Bonchev–Trinajstić information content (AvgIpc) is 3.00. The van der Waals surface area contributed by atoms with Gasteiger partial charge >= 0.3 is 6.03 Å². The van der Waals surface area contributed by atoms with E-state index in [-0.39, 0.29) is 18.2 Å². The van der Waals surface area contributed by atoms with Crippen molar-refractivity contribution >= 4 is 6.03 Å². The van der Waals surface area contributed by atoms with Gasteiger partial charge in [-0.05, 0) is 44.5 Å². The summed E-state index contributed by atoms with van der Waals surface area (Å²) < 4.78 is 5.85. The van der Waals surface area contributed by atoms with Gasteiger partial charge < -0.3 is 19.9 Å². The molecule has 2 aliphatic rings. The van der Waals surface area contributed by atoms with Crippen LogP contribution in [0, 0.1) is 0 Å². The van der Waals surface area contributed by atoms with Crippen LogP contribution in [0.5, 0.6) is 0 Å². The van der Waals surface area contributed by atoms with Gasteiger partial charge in [-0.2, -0.15) is 0 Å². The van der Waals surface area contributed by atoms with Gasteiger partial charge in [-0.15, -0.1) is 0 Å². The molecule has 6 heteroatoms. The lowest BCUT2D eigenvalue weighted by atomic mass is 9.94. The monoisotopic (exact) mass is 360 g/mol. The highest BCUT2D eigenvalue weighted by atomic mass is 16.5. The first-order chi connectivity index (χ1) is 12.7. The van der Waals surface area contributed by atoms with Crippen molar-refractivity contribution in [2.45, 2.75) is 63.8 Å². The van der Waals surface area contributed by atoms with Crippen molar-refractivity contribution in [2.24, 2.45) is 0 Å². The maximum atomic E-state index is 13.2. The summed E-state index contributed by atoms with van der Waals surface area (Å²) in [5, 5.41) is 3.27. The van der Waals surface area contributed by atoms with Crippen LogP contribution in [0.25, 0.3) is 0 Å². The Labute approximate surface area is 156 Å². The Hall–Kier alpha value is -1.66. The highest BCUT2D eigenvalue weighted by molar-refractivity contribution is 5.75. The van der Waals surface area contributed by atoms with Crippen molar-refractivity contribution in [3.05, 3.63) is 30.1 Å².